The molecule has 1 aliphatic carbocycles. The van der Waals surface area contributed by atoms with Crippen molar-refractivity contribution in [2.45, 2.75) is 51.0 Å². The quantitative estimate of drug-likeness (QED) is 0.790. The minimum atomic E-state index is -0.522. The molecule has 0 spiro atoms. The number of pyridine rings is 1. The van der Waals surface area contributed by atoms with Crippen LogP contribution in [0.3, 0.4) is 0 Å². The van der Waals surface area contributed by atoms with Gasteiger partial charge in [-0.1, -0.05) is 25.7 Å². The number of nitrogens with one attached hydrogen (secondary N) is 1. The van der Waals surface area contributed by atoms with Crippen molar-refractivity contribution in [3.05, 3.63) is 24.0 Å². The highest BCUT2D eigenvalue weighted by atomic mass is 16.3. The summed E-state index contributed by atoms with van der Waals surface area (Å²) in [7, 11) is 0. The smallest absolute Gasteiger partial charge is 0.0819 e. The number of hydrogen-bond acceptors (Lipinski definition) is 3. The Hall–Kier alpha value is -1.09. The molecule has 94 valence electrons. The fourth-order valence-corrected chi connectivity index (χ4v) is 2.49. The minimum Gasteiger partial charge on any atom is -0.388 e. The highest BCUT2D eigenvalue weighted by Crippen LogP contribution is 2.27. The van der Waals surface area contributed by atoms with Gasteiger partial charge in [0.25, 0.3) is 0 Å². The summed E-state index contributed by atoms with van der Waals surface area (Å²) in [5.41, 5.74) is 1.69. The molecule has 0 amide bonds. The predicted octanol–water partition coefficient (Wildman–Crippen LogP) is 2.89. The van der Waals surface area contributed by atoms with Crippen molar-refractivity contribution in [1.29, 1.82) is 0 Å². The molecule has 3 heteroatoms. The van der Waals surface area contributed by atoms with Crippen LogP contribution in [0.15, 0.2) is 18.5 Å². The summed E-state index contributed by atoms with van der Waals surface area (Å²) in [6.07, 6.45) is 10.3. The van der Waals surface area contributed by atoms with Crippen molar-refractivity contribution in [1.82, 2.24) is 4.98 Å². The van der Waals surface area contributed by atoms with E-state index in [1.165, 1.54) is 12.8 Å². The SMILES string of the molecule is Cc1cnccc1NCC1(O)CCCCCC1. The van der Waals surface area contributed by atoms with E-state index in [1.54, 1.807) is 6.20 Å². The van der Waals surface area contributed by atoms with E-state index < -0.39 is 5.60 Å². The Labute approximate surface area is 103 Å². The standard InChI is InChI=1S/C14H22N2O/c1-12-10-15-9-6-13(12)16-11-14(17)7-4-2-3-5-8-14/h6,9-10,17H,2-5,7-8,11H2,1H3,(H,15,16). The van der Waals surface area contributed by atoms with Gasteiger partial charge < -0.3 is 10.4 Å². The third-order valence-corrected chi connectivity index (χ3v) is 3.66. The molecule has 3 nitrogen and oxygen atoms in total. The largest absolute Gasteiger partial charge is 0.388 e. The Morgan fingerprint density at radius 1 is 1.29 bits per heavy atom. The van der Waals surface area contributed by atoms with E-state index in [1.807, 2.05) is 19.2 Å². The van der Waals surface area contributed by atoms with Crippen LogP contribution in [0.25, 0.3) is 0 Å². The van der Waals surface area contributed by atoms with E-state index in [0.29, 0.717) is 6.54 Å². The van der Waals surface area contributed by atoms with Gasteiger partial charge in [-0.05, 0) is 31.4 Å². The average molecular weight is 234 g/mol. The van der Waals surface area contributed by atoms with E-state index in [4.69, 9.17) is 0 Å². The van der Waals surface area contributed by atoms with Crippen molar-refractivity contribution >= 4 is 5.69 Å². The van der Waals surface area contributed by atoms with Crippen LogP contribution < -0.4 is 5.32 Å². The summed E-state index contributed by atoms with van der Waals surface area (Å²) in [6, 6.07) is 1.97. The molecule has 0 atom stereocenters. The maximum Gasteiger partial charge on any atom is 0.0819 e. The van der Waals surface area contributed by atoms with Crippen molar-refractivity contribution in [2.24, 2.45) is 0 Å². The lowest BCUT2D eigenvalue weighted by atomic mass is 9.94. The molecule has 0 bridgehead atoms. The highest BCUT2D eigenvalue weighted by Gasteiger charge is 2.27. The summed E-state index contributed by atoms with van der Waals surface area (Å²) in [6.45, 7) is 2.68. The molecule has 1 fully saturated rings. The van der Waals surface area contributed by atoms with E-state index in [0.717, 1.165) is 36.9 Å². The first kappa shape index (κ1) is 12.4. The maximum atomic E-state index is 10.5. The zero-order valence-electron chi connectivity index (χ0n) is 10.6. The second-order valence-corrected chi connectivity index (χ2v) is 5.18. The lowest BCUT2D eigenvalue weighted by molar-refractivity contribution is 0.0381. The second-order valence-electron chi connectivity index (χ2n) is 5.18. The Morgan fingerprint density at radius 2 is 2.00 bits per heavy atom. The zero-order chi connectivity index (χ0) is 12.1. The van der Waals surface area contributed by atoms with Gasteiger partial charge >= 0.3 is 0 Å². The molecule has 0 aliphatic heterocycles. The molecule has 1 aliphatic rings. The van der Waals surface area contributed by atoms with Crippen LogP contribution in [0.4, 0.5) is 5.69 Å². The van der Waals surface area contributed by atoms with Crippen LogP contribution >= 0.6 is 0 Å². The summed E-state index contributed by atoms with van der Waals surface area (Å²) < 4.78 is 0. The Balaban J connectivity index is 1.94. The Kier molecular flexibility index (Phi) is 4.00. The predicted molar refractivity (Wildman–Crippen MR) is 70.1 cm³/mol. The number of aryl methyl sites for hydroxylation is 1. The number of aromatic nitrogens is 1. The molecule has 1 saturated carbocycles. The van der Waals surface area contributed by atoms with Gasteiger partial charge in [-0.2, -0.15) is 0 Å². The molecule has 0 aromatic carbocycles. The van der Waals surface area contributed by atoms with Gasteiger partial charge in [0.05, 0.1) is 5.60 Å². The lowest BCUT2D eigenvalue weighted by Gasteiger charge is -2.27. The topological polar surface area (TPSA) is 45.2 Å². The molecule has 1 aromatic heterocycles. The molecule has 0 unspecified atom stereocenters. The summed E-state index contributed by atoms with van der Waals surface area (Å²) >= 11 is 0. The van der Waals surface area contributed by atoms with Gasteiger partial charge in [0.15, 0.2) is 0 Å². The number of aliphatic hydroxyl groups is 1. The van der Waals surface area contributed by atoms with E-state index in [2.05, 4.69) is 10.3 Å². The molecule has 1 heterocycles. The molecule has 0 radical (unpaired) electrons. The first-order valence-corrected chi connectivity index (χ1v) is 6.56. The van der Waals surface area contributed by atoms with Crippen LogP contribution in [-0.4, -0.2) is 22.2 Å². The zero-order valence-corrected chi connectivity index (χ0v) is 10.6. The summed E-state index contributed by atoms with van der Waals surface area (Å²) in [4.78, 5) is 4.07. The normalized spacial score (nSPS) is 19.6. The molecule has 0 saturated heterocycles. The first-order chi connectivity index (χ1) is 8.20. The van der Waals surface area contributed by atoms with Crippen LogP contribution in [0.1, 0.15) is 44.1 Å². The Bertz CT molecular complexity index is 357. The highest BCUT2D eigenvalue weighted by molar-refractivity contribution is 5.48. The van der Waals surface area contributed by atoms with Gasteiger partial charge in [0, 0.05) is 24.6 Å². The van der Waals surface area contributed by atoms with Crippen LogP contribution in [0.2, 0.25) is 0 Å². The third kappa shape index (κ3) is 3.43. The van der Waals surface area contributed by atoms with Crippen LogP contribution in [0, 0.1) is 6.92 Å². The van der Waals surface area contributed by atoms with Gasteiger partial charge in [0.2, 0.25) is 0 Å². The van der Waals surface area contributed by atoms with Crippen molar-refractivity contribution in [3.8, 4) is 0 Å². The summed E-state index contributed by atoms with van der Waals surface area (Å²) in [5, 5.41) is 13.9. The van der Waals surface area contributed by atoms with E-state index in [-0.39, 0.29) is 0 Å². The fraction of sp³-hybridized carbons (Fsp3) is 0.643. The molecule has 17 heavy (non-hydrogen) atoms. The van der Waals surface area contributed by atoms with E-state index in [9.17, 15) is 5.11 Å². The van der Waals surface area contributed by atoms with Crippen molar-refractivity contribution < 1.29 is 5.11 Å². The fourth-order valence-electron chi connectivity index (χ4n) is 2.49. The Morgan fingerprint density at radius 3 is 2.65 bits per heavy atom. The number of rotatable bonds is 3. The number of anilines is 1. The van der Waals surface area contributed by atoms with Crippen molar-refractivity contribution in [2.75, 3.05) is 11.9 Å². The van der Waals surface area contributed by atoms with Gasteiger partial charge in [-0.25, -0.2) is 0 Å². The average Bonchev–Trinajstić information content (AvgIpc) is 2.54. The second kappa shape index (κ2) is 5.50. The molecular formula is C14H22N2O. The molecule has 2 N–H and O–H groups in total. The van der Waals surface area contributed by atoms with Gasteiger partial charge in [0.1, 0.15) is 0 Å². The lowest BCUT2D eigenvalue weighted by Crippen LogP contribution is -2.36. The maximum absolute atomic E-state index is 10.5. The number of nitrogens with zero attached hydrogens (tertiary/aromatic N) is 1. The molecule has 1 aromatic rings. The van der Waals surface area contributed by atoms with Crippen molar-refractivity contribution in [3.63, 3.8) is 0 Å². The molecular weight excluding hydrogens is 212 g/mol. The first-order valence-electron chi connectivity index (χ1n) is 6.56. The van der Waals surface area contributed by atoms with Crippen LogP contribution in [-0.2, 0) is 0 Å². The third-order valence-electron chi connectivity index (χ3n) is 3.66. The van der Waals surface area contributed by atoms with Crippen LogP contribution in [0.5, 0.6) is 0 Å². The number of hydrogen-bond donors (Lipinski definition) is 2. The van der Waals surface area contributed by atoms with Gasteiger partial charge in [-0.3, -0.25) is 4.98 Å². The van der Waals surface area contributed by atoms with Gasteiger partial charge in [-0.15, -0.1) is 0 Å². The monoisotopic (exact) mass is 234 g/mol. The summed E-state index contributed by atoms with van der Waals surface area (Å²) in [5.74, 6) is 0. The minimum absolute atomic E-state index is 0.522. The van der Waals surface area contributed by atoms with E-state index >= 15 is 0 Å². The molecule has 2 rings (SSSR count).